The topological polar surface area (TPSA) is 95.5 Å². The molecular weight excluding hydrogens is 400 g/mol. The van der Waals surface area contributed by atoms with Crippen molar-refractivity contribution in [3.05, 3.63) is 95.6 Å². The van der Waals surface area contributed by atoms with Crippen molar-refractivity contribution in [2.45, 2.75) is 24.3 Å². The molecule has 0 unspecified atom stereocenters. The fourth-order valence-electron chi connectivity index (χ4n) is 3.11. The predicted octanol–water partition coefficient (Wildman–Crippen LogP) is 4.08. The summed E-state index contributed by atoms with van der Waals surface area (Å²) in [5.41, 5.74) is 2.28. The number of nitrogens with one attached hydrogen (secondary N) is 2. The molecule has 7 heteroatoms. The predicted molar refractivity (Wildman–Crippen MR) is 117 cm³/mol. The zero-order chi connectivity index (χ0) is 21.6. The van der Waals surface area contributed by atoms with Crippen LogP contribution < -0.4 is 10.0 Å². The summed E-state index contributed by atoms with van der Waals surface area (Å²) < 4.78 is 27.8. The highest BCUT2D eigenvalue weighted by atomic mass is 32.2. The van der Waals surface area contributed by atoms with Crippen LogP contribution in [0.3, 0.4) is 0 Å². The van der Waals surface area contributed by atoms with Gasteiger partial charge in [-0.15, -0.1) is 0 Å². The van der Waals surface area contributed by atoms with E-state index in [0.29, 0.717) is 12.1 Å². The normalized spacial score (nSPS) is 12.3. The molecule has 156 valence electrons. The van der Waals surface area contributed by atoms with Crippen LogP contribution in [0.2, 0.25) is 0 Å². The van der Waals surface area contributed by atoms with Crippen LogP contribution >= 0.6 is 0 Å². The second-order valence-electron chi connectivity index (χ2n) is 6.92. The average molecular weight is 425 g/mol. The van der Waals surface area contributed by atoms with Crippen molar-refractivity contribution >= 4 is 21.7 Å². The van der Waals surface area contributed by atoms with Gasteiger partial charge in [-0.05, 0) is 42.7 Å². The van der Waals surface area contributed by atoms with Crippen LogP contribution in [0.25, 0.3) is 0 Å². The molecule has 6 nitrogen and oxygen atoms in total. The lowest BCUT2D eigenvalue weighted by Crippen LogP contribution is -2.26. The molecule has 0 bridgehead atoms. The molecule has 3 aromatic carbocycles. The van der Waals surface area contributed by atoms with Gasteiger partial charge >= 0.3 is 5.97 Å². The third kappa shape index (κ3) is 5.46. The number of carboxylic acids is 1. The van der Waals surface area contributed by atoms with Gasteiger partial charge in [0, 0.05) is 18.3 Å². The molecule has 3 rings (SSSR count). The van der Waals surface area contributed by atoms with E-state index in [-0.39, 0.29) is 23.0 Å². The second kappa shape index (κ2) is 9.56. The third-order valence-corrected chi connectivity index (χ3v) is 6.21. The summed E-state index contributed by atoms with van der Waals surface area (Å²) in [4.78, 5) is 11.7. The number of carboxylic acid groups (broad SMARTS) is 1. The molecule has 3 aromatic rings. The van der Waals surface area contributed by atoms with Gasteiger partial charge in [-0.25, -0.2) is 17.9 Å². The highest BCUT2D eigenvalue weighted by molar-refractivity contribution is 7.89. The van der Waals surface area contributed by atoms with Crippen LogP contribution in [0.1, 0.15) is 34.5 Å². The summed E-state index contributed by atoms with van der Waals surface area (Å²) in [6.07, 6.45) is 0.542. The Hall–Kier alpha value is -3.16. The molecule has 1 atom stereocenters. The first-order valence-electron chi connectivity index (χ1n) is 9.59. The van der Waals surface area contributed by atoms with Crippen LogP contribution in [-0.2, 0) is 16.4 Å². The van der Waals surface area contributed by atoms with Crippen molar-refractivity contribution in [3.8, 4) is 0 Å². The maximum Gasteiger partial charge on any atom is 0.337 e. The van der Waals surface area contributed by atoms with Crippen LogP contribution in [0.15, 0.2) is 83.8 Å². The lowest BCUT2D eigenvalue weighted by Gasteiger charge is -2.18. The van der Waals surface area contributed by atoms with Gasteiger partial charge in [0.1, 0.15) is 0 Å². The maximum absolute atomic E-state index is 12.6. The zero-order valence-corrected chi connectivity index (χ0v) is 17.4. The van der Waals surface area contributed by atoms with Crippen molar-refractivity contribution in [3.63, 3.8) is 0 Å². The standard InChI is InChI=1S/C23H24N2O4S/c1-17(19-10-6-3-7-11-19)25-22-13-12-20(16-21(22)23(26)27)30(28,29)24-15-14-18-8-4-2-5-9-18/h2-13,16-17,24-25H,14-15H2,1H3,(H,26,27)/t17-/m1/s1. The first kappa shape index (κ1) is 21.5. The van der Waals surface area contributed by atoms with Crippen LogP contribution in [-0.4, -0.2) is 26.0 Å². The Morgan fingerprint density at radius 1 is 0.967 bits per heavy atom. The van der Waals surface area contributed by atoms with Gasteiger partial charge in [-0.2, -0.15) is 0 Å². The number of aromatic carboxylic acids is 1. The molecule has 0 spiro atoms. The van der Waals surface area contributed by atoms with Crippen molar-refractivity contribution in [1.29, 1.82) is 0 Å². The fourth-order valence-corrected chi connectivity index (χ4v) is 4.17. The number of hydrogen-bond acceptors (Lipinski definition) is 4. The zero-order valence-electron chi connectivity index (χ0n) is 16.6. The Kier molecular flexibility index (Phi) is 6.87. The van der Waals surface area contributed by atoms with E-state index in [1.54, 1.807) is 0 Å². The van der Waals surface area contributed by atoms with Gasteiger partial charge in [0.05, 0.1) is 10.5 Å². The number of carbonyl (C=O) groups is 1. The van der Waals surface area contributed by atoms with Gasteiger partial charge in [-0.1, -0.05) is 60.7 Å². The largest absolute Gasteiger partial charge is 0.478 e. The minimum absolute atomic E-state index is 0.0779. The first-order chi connectivity index (χ1) is 14.4. The van der Waals surface area contributed by atoms with Crippen molar-refractivity contribution in [1.82, 2.24) is 4.72 Å². The van der Waals surface area contributed by atoms with Gasteiger partial charge in [0.15, 0.2) is 0 Å². The van der Waals surface area contributed by atoms with Crippen molar-refractivity contribution < 1.29 is 18.3 Å². The number of rotatable bonds is 9. The molecule has 0 heterocycles. The van der Waals surface area contributed by atoms with E-state index < -0.39 is 16.0 Å². The summed E-state index contributed by atoms with van der Waals surface area (Å²) in [5.74, 6) is -1.20. The number of benzene rings is 3. The summed E-state index contributed by atoms with van der Waals surface area (Å²) >= 11 is 0. The van der Waals surface area contributed by atoms with Gasteiger partial charge in [-0.3, -0.25) is 0 Å². The average Bonchev–Trinajstić information content (AvgIpc) is 2.75. The molecule has 0 aliphatic carbocycles. The monoisotopic (exact) mass is 424 g/mol. The van der Waals surface area contributed by atoms with Crippen molar-refractivity contribution in [2.75, 3.05) is 11.9 Å². The van der Waals surface area contributed by atoms with E-state index >= 15 is 0 Å². The Balaban J connectivity index is 1.75. The molecule has 0 amide bonds. The SMILES string of the molecule is C[C@@H](Nc1ccc(S(=O)(=O)NCCc2ccccc2)cc1C(=O)O)c1ccccc1. The van der Waals surface area contributed by atoms with E-state index in [1.807, 2.05) is 67.6 Å². The molecule has 0 saturated heterocycles. The highest BCUT2D eigenvalue weighted by Gasteiger charge is 2.20. The molecule has 0 aliphatic heterocycles. The number of hydrogen-bond donors (Lipinski definition) is 3. The van der Waals surface area contributed by atoms with E-state index in [9.17, 15) is 18.3 Å². The molecule has 0 aromatic heterocycles. The minimum atomic E-state index is -3.82. The Bertz CT molecular complexity index is 1100. The summed E-state index contributed by atoms with van der Waals surface area (Å²) in [5, 5.41) is 12.8. The Labute approximate surface area is 176 Å². The number of anilines is 1. The lowest BCUT2D eigenvalue weighted by molar-refractivity contribution is 0.0697. The second-order valence-corrected chi connectivity index (χ2v) is 8.69. The van der Waals surface area contributed by atoms with Crippen LogP contribution in [0.5, 0.6) is 0 Å². The molecule has 30 heavy (non-hydrogen) atoms. The fraction of sp³-hybridized carbons (Fsp3) is 0.174. The quantitative estimate of drug-likeness (QED) is 0.481. The van der Waals surface area contributed by atoms with E-state index in [2.05, 4.69) is 10.0 Å². The van der Waals surface area contributed by atoms with Crippen molar-refractivity contribution in [2.24, 2.45) is 0 Å². The summed E-state index contributed by atoms with van der Waals surface area (Å²) in [6.45, 7) is 2.14. The molecule has 0 fully saturated rings. The minimum Gasteiger partial charge on any atom is -0.478 e. The van der Waals surface area contributed by atoms with E-state index in [0.717, 1.165) is 11.1 Å². The van der Waals surface area contributed by atoms with E-state index in [1.165, 1.54) is 18.2 Å². The molecule has 0 radical (unpaired) electrons. The summed E-state index contributed by atoms with van der Waals surface area (Å²) in [7, 11) is -3.82. The van der Waals surface area contributed by atoms with Crippen LogP contribution in [0, 0.1) is 0 Å². The summed E-state index contributed by atoms with van der Waals surface area (Å²) in [6, 6.07) is 23.1. The Morgan fingerprint density at radius 3 is 2.23 bits per heavy atom. The van der Waals surface area contributed by atoms with Gasteiger partial charge < -0.3 is 10.4 Å². The maximum atomic E-state index is 12.6. The smallest absolute Gasteiger partial charge is 0.337 e. The van der Waals surface area contributed by atoms with Gasteiger partial charge in [0.2, 0.25) is 10.0 Å². The highest BCUT2D eigenvalue weighted by Crippen LogP contribution is 2.25. The van der Waals surface area contributed by atoms with Crippen LogP contribution in [0.4, 0.5) is 5.69 Å². The molecule has 0 saturated carbocycles. The number of sulfonamides is 1. The molecule has 0 aliphatic rings. The van der Waals surface area contributed by atoms with E-state index in [4.69, 9.17) is 0 Å². The lowest BCUT2D eigenvalue weighted by atomic mass is 10.1. The third-order valence-electron chi connectivity index (χ3n) is 4.75. The molecule has 3 N–H and O–H groups in total. The molecular formula is C23H24N2O4S. The van der Waals surface area contributed by atoms with Gasteiger partial charge in [0.25, 0.3) is 0 Å². The Morgan fingerprint density at radius 2 is 1.60 bits per heavy atom. The first-order valence-corrected chi connectivity index (χ1v) is 11.1.